The van der Waals surface area contributed by atoms with E-state index in [-0.39, 0.29) is 36.3 Å². The van der Waals surface area contributed by atoms with Gasteiger partial charge in [0.2, 0.25) is 0 Å². The summed E-state index contributed by atoms with van der Waals surface area (Å²) in [5.41, 5.74) is 2.27. The van der Waals surface area contributed by atoms with Gasteiger partial charge in [-0.3, -0.25) is 4.57 Å². The van der Waals surface area contributed by atoms with Crippen molar-refractivity contribution in [2.45, 2.75) is 33.5 Å². The predicted octanol–water partition coefficient (Wildman–Crippen LogP) is 3.46. The van der Waals surface area contributed by atoms with Crippen LogP contribution in [0.2, 0.25) is 0 Å². The van der Waals surface area contributed by atoms with Crippen molar-refractivity contribution in [3.63, 3.8) is 0 Å². The Morgan fingerprint density at radius 3 is 2.79 bits per heavy atom. The Morgan fingerprint density at radius 1 is 1.33 bits per heavy atom. The Kier molecular flexibility index (Phi) is 8.66. The Morgan fingerprint density at radius 2 is 2.12 bits per heavy atom. The van der Waals surface area contributed by atoms with E-state index in [9.17, 15) is 8.78 Å². The molecule has 0 aliphatic rings. The highest BCUT2D eigenvalue weighted by molar-refractivity contribution is 14.0. The van der Waals surface area contributed by atoms with Crippen LogP contribution in [0.1, 0.15) is 30.4 Å². The Labute approximate surface area is 157 Å². The van der Waals surface area contributed by atoms with Gasteiger partial charge in [0.15, 0.2) is 5.96 Å². The zero-order valence-electron chi connectivity index (χ0n) is 13.7. The summed E-state index contributed by atoms with van der Waals surface area (Å²) in [7, 11) is 0. The molecule has 1 aromatic carbocycles. The van der Waals surface area contributed by atoms with E-state index in [4.69, 9.17) is 0 Å². The molecular formula is C16H22F2IN5. The van der Waals surface area contributed by atoms with Crippen molar-refractivity contribution in [1.29, 1.82) is 0 Å². The van der Waals surface area contributed by atoms with Gasteiger partial charge in [-0.05, 0) is 19.4 Å². The number of aryl methyl sites for hydroxylation is 1. The summed E-state index contributed by atoms with van der Waals surface area (Å²) in [5, 5.41) is 6.12. The van der Waals surface area contributed by atoms with Crippen LogP contribution in [0, 0.1) is 6.92 Å². The van der Waals surface area contributed by atoms with E-state index >= 15 is 0 Å². The number of guanidine groups is 1. The second-order valence-corrected chi connectivity index (χ2v) is 5.07. The Balaban J connectivity index is 0.00000288. The third-order valence-electron chi connectivity index (χ3n) is 3.22. The van der Waals surface area contributed by atoms with E-state index in [1.54, 1.807) is 0 Å². The molecule has 1 aromatic heterocycles. The zero-order valence-corrected chi connectivity index (χ0v) is 16.0. The maximum atomic E-state index is 12.8. The molecule has 0 bridgehead atoms. The van der Waals surface area contributed by atoms with Crippen molar-refractivity contribution in [1.82, 2.24) is 20.2 Å². The fourth-order valence-electron chi connectivity index (χ4n) is 2.14. The van der Waals surface area contributed by atoms with Crippen molar-refractivity contribution in [3.8, 4) is 0 Å². The van der Waals surface area contributed by atoms with Gasteiger partial charge in [0.05, 0.1) is 13.1 Å². The van der Waals surface area contributed by atoms with E-state index < -0.39 is 6.55 Å². The number of aromatic nitrogens is 2. The summed E-state index contributed by atoms with van der Waals surface area (Å²) in [6.45, 7) is 2.76. The summed E-state index contributed by atoms with van der Waals surface area (Å²) in [6.07, 6.45) is 2.62. The SMILES string of the molecule is CCNC(=NCc1cccc(C)c1)NCc1nccn1C(F)F.I. The largest absolute Gasteiger partial charge is 0.357 e. The van der Waals surface area contributed by atoms with Crippen molar-refractivity contribution in [2.24, 2.45) is 4.99 Å². The third-order valence-corrected chi connectivity index (χ3v) is 3.22. The number of nitrogens with zero attached hydrogens (tertiary/aromatic N) is 3. The first-order valence-electron chi connectivity index (χ1n) is 7.47. The molecule has 2 aromatic rings. The molecule has 0 aliphatic carbocycles. The van der Waals surface area contributed by atoms with Gasteiger partial charge in [-0.15, -0.1) is 24.0 Å². The number of hydrogen-bond acceptors (Lipinski definition) is 2. The van der Waals surface area contributed by atoms with Gasteiger partial charge in [-0.2, -0.15) is 8.78 Å². The first-order valence-corrected chi connectivity index (χ1v) is 7.47. The molecule has 2 N–H and O–H groups in total. The van der Waals surface area contributed by atoms with E-state index in [1.165, 1.54) is 18.0 Å². The lowest BCUT2D eigenvalue weighted by atomic mass is 10.1. The minimum atomic E-state index is -2.60. The molecule has 132 valence electrons. The summed E-state index contributed by atoms with van der Waals surface area (Å²) in [4.78, 5) is 8.41. The lowest BCUT2D eigenvalue weighted by Crippen LogP contribution is -2.37. The summed E-state index contributed by atoms with van der Waals surface area (Å²) in [6, 6.07) is 8.08. The molecule has 24 heavy (non-hydrogen) atoms. The van der Waals surface area contributed by atoms with E-state index in [0.29, 0.717) is 19.0 Å². The van der Waals surface area contributed by atoms with Crippen LogP contribution in [0.3, 0.4) is 0 Å². The van der Waals surface area contributed by atoms with Crippen LogP contribution in [-0.4, -0.2) is 22.1 Å². The van der Waals surface area contributed by atoms with Crippen LogP contribution in [0.5, 0.6) is 0 Å². The maximum Gasteiger partial charge on any atom is 0.319 e. The number of halogens is 3. The molecule has 0 fully saturated rings. The molecule has 2 rings (SSSR count). The van der Waals surface area contributed by atoms with Gasteiger partial charge >= 0.3 is 6.55 Å². The third kappa shape index (κ3) is 6.06. The highest BCUT2D eigenvalue weighted by Gasteiger charge is 2.11. The number of nitrogens with one attached hydrogen (secondary N) is 2. The zero-order chi connectivity index (χ0) is 16.7. The number of hydrogen-bond donors (Lipinski definition) is 2. The highest BCUT2D eigenvalue weighted by atomic mass is 127. The molecular weight excluding hydrogens is 427 g/mol. The monoisotopic (exact) mass is 449 g/mol. The standard InChI is InChI=1S/C16H21F2N5.HI/c1-3-19-16(21-10-13-6-4-5-12(2)9-13)22-11-14-20-7-8-23(14)15(17)18;/h4-9,15H,3,10-11H2,1-2H3,(H2,19,21,22);1H. The highest BCUT2D eigenvalue weighted by Crippen LogP contribution is 2.12. The van der Waals surface area contributed by atoms with Gasteiger partial charge in [0, 0.05) is 18.9 Å². The molecule has 0 saturated carbocycles. The number of alkyl halides is 2. The van der Waals surface area contributed by atoms with Gasteiger partial charge in [0.25, 0.3) is 0 Å². The first kappa shape index (κ1) is 20.3. The number of benzene rings is 1. The van der Waals surface area contributed by atoms with Crippen LogP contribution < -0.4 is 10.6 Å². The van der Waals surface area contributed by atoms with E-state index in [1.807, 2.05) is 32.0 Å². The van der Waals surface area contributed by atoms with Crippen molar-refractivity contribution in [2.75, 3.05) is 6.54 Å². The van der Waals surface area contributed by atoms with Crippen LogP contribution in [0.25, 0.3) is 0 Å². The van der Waals surface area contributed by atoms with Crippen molar-refractivity contribution >= 4 is 29.9 Å². The molecule has 0 radical (unpaired) electrons. The number of imidazole rings is 1. The van der Waals surface area contributed by atoms with Gasteiger partial charge in [0.1, 0.15) is 5.82 Å². The molecule has 0 atom stereocenters. The average molecular weight is 449 g/mol. The minimum Gasteiger partial charge on any atom is -0.357 e. The smallest absolute Gasteiger partial charge is 0.319 e. The quantitative estimate of drug-likeness (QED) is 0.404. The summed E-state index contributed by atoms with van der Waals surface area (Å²) < 4.78 is 26.4. The second-order valence-electron chi connectivity index (χ2n) is 5.07. The molecule has 0 spiro atoms. The summed E-state index contributed by atoms with van der Waals surface area (Å²) in [5.74, 6) is 0.832. The number of rotatable bonds is 6. The molecule has 8 heteroatoms. The normalized spacial score (nSPS) is 11.3. The van der Waals surface area contributed by atoms with Crippen molar-refractivity contribution < 1.29 is 8.78 Å². The van der Waals surface area contributed by atoms with Crippen LogP contribution in [0.15, 0.2) is 41.7 Å². The topological polar surface area (TPSA) is 54.2 Å². The van der Waals surface area contributed by atoms with Gasteiger partial charge < -0.3 is 10.6 Å². The molecule has 5 nitrogen and oxygen atoms in total. The van der Waals surface area contributed by atoms with Crippen molar-refractivity contribution in [3.05, 3.63) is 53.6 Å². The van der Waals surface area contributed by atoms with Gasteiger partial charge in [-0.25, -0.2) is 9.98 Å². The van der Waals surface area contributed by atoms with Crippen LogP contribution in [0.4, 0.5) is 8.78 Å². The fraction of sp³-hybridized carbons (Fsp3) is 0.375. The lowest BCUT2D eigenvalue weighted by molar-refractivity contribution is 0.0668. The molecule has 0 unspecified atom stereocenters. The predicted molar refractivity (Wildman–Crippen MR) is 102 cm³/mol. The molecule has 1 heterocycles. The molecule has 0 amide bonds. The van der Waals surface area contributed by atoms with Crippen LogP contribution >= 0.6 is 24.0 Å². The lowest BCUT2D eigenvalue weighted by Gasteiger charge is -2.12. The Hall–Kier alpha value is -1.71. The minimum absolute atomic E-state index is 0. The Bertz CT molecular complexity index is 657. The second kappa shape index (κ2) is 10.2. The number of aliphatic imine (C=N–C) groups is 1. The average Bonchev–Trinajstić information content (AvgIpc) is 2.99. The van der Waals surface area contributed by atoms with E-state index in [2.05, 4.69) is 26.7 Å². The molecule has 0 saturated heterocycles. The fourth-order valence-corrected chi connectivity index (χ4v) is 2.14. The summed E-state index contributed by atoms with van der Waals surface area (Å²) >= 11 is 0. The van der Waals surface area contributed by atoms with E-state index in [0.717, 1.165) is 10.1 Å². The molecule has 0 aliphatic heterocycles. The van der Waals surface area contributed by atoms with Gasteiger partial charge in [-0.1, -0.05) is 29.8 Å². The maximum absolute atomic E-state index is 12.8. The first-order chi connectivity index (χ1) is 11.1. The van der Waals surface area contributed by atoms with Crippen LogP contribution in [-0.2, 0) is 13.1 Å².